The molecule has 12 nitrogen and oxygen atoms in total. The van der Waals surface area contributed by atoms with Crippen molar-refractivity contribution in [3.8, 4) is 0 Å². The Morgan fingerprint density at radius 1 is 0.532 bits per heavy atom. The predicted octanol–water partition coefficient (Wildman–Crippen LogP) is 9.97. The number of phosphoric acid groups is 1. The average Bonchev–Trinajstić information content (AvgIpc) is 3.26. The van der Waals surface area contributed by atoms with E-state index >= 15 is 0 Å². The molecule has 1 saturated carbocycles. The zero-order valence-corrected chi connectivity index (χ0v) is 39.0. The Hall–Kier alpha value is -2.22. The largest absolute Gasteiger partial charge is 0.472 e. The van der Waals surface area contributed by atoms with Crippen LogP contribution in [-0.4, -0.2) is 98.9 Å². The highest BCUT2D eigenvalue weighted by atomic mass is 31.2. The Bertz CT molecular complexity index is 1300. The number of phosphoric ester groups is 1. The number of hydrogen-bond acceptors (Lipinski definition) is 11. The molecule has 1 rings (SSSR count). The predicted molar refractivity (Wildman–Crippen MR) is 248 cm³/mol. The molecule has 13 heteroatoms. The summed E-state index contributed by atoms with van der Waals surface area (Å²) < 4.78 is 34.2. The monoisotopic (exact) mass is 897 g/mol. The fraction of sp³-hybridized carbons (Fsp3) is 0.735. The Morgan fingerprint density at radius 3 is 1.47 bits per heavy atom. The van der Waals surface area contributed by atoms with Gasteiger partial charge in [0.15, 0.2) is 0 Å². The van der Waals surface area contributed by atoms with Crippen LogP contribution < -0.4 is 0 Å². The van der Waals surface area contributed by atoms with Crippen LogP contribution in [0.25, 0.3) is 0 Å². The molecule has 62 heavy (non-hydrogen) atoms. The molecule has 1 fully saturated rings. The second-order valence-corrected chi connectivity index (χ2v) is 17.6. The fourth-order valence-electron chi connectivity index (χ4n) is 6.79. The van der Waals surface area contributed by atoms with E-state index in [9.17, 15) is 39.8 Å². The van der Waals surface area contributed by atoms with E-state index in [4.69, 9.17) is 18.5 Å². The van der Waals surface area contributed by atoms with Crippen LogP contribution in [-0.2, 0) is 27.9 Å². The van der Waals surface area contributed by atoms with Gasteiger partial charge in [-0.3, -0.25) is 13.8 Å². The Labute approximate surface area is 374 Å². The van der Waals surface area contributed by atoms with Gasteiger partial charge in [-0.05, 0) is 83.5 Å². The molecular formula is C49H85O12P. The second kappa shape index (κ2) is 39.2. The van der Waals surface area contributed by atoms with Gasteiger partial charge in [0.25, 0.3) is 0 Å². The van der Waals surface area contributed by atoms with Crippen LogP contribution in [0.2, 0.25) is 0 Å². The summed E-state index contributed by atoms with van der Waals surface area (Å²) in [4.78, 5) is 23.2. The van der Waals surface area contributed by atoms with Crippen LogP contribution >= 0.6 is 7.82 Å². The second-order valence-electron chi connectivity index (χ2n) is 16.2. The van der Waals surface area contributed by atoms with E-state index in [0.29, 0.717) is 13.0 Å². The normalized spacial score (nSPS) is 22.6. The molecule has 0 bridgehead atoms. The van der Waals surface area contributed by atoms with Gasteiger partial charge in [0.2, 0.25) is 0 Å². The van der Waals surface area contributed by atoms with E-state index in [1.54, 1.807) is 0 Å². The summed E-state index contributed by atoms with van der Waals surface area (Å²) in [6.07, 6.45) is 38.2. The van der Waals surface area contributed by atoms with Gasteiger partial charge in [0.05, 0.1) is 13.2 Å². The summed E-state index contributed by atoms with van der Waals surface area (Å²) >= 11 is 0. The van der Waals surface area contributed by atoms with Crippen LogP contribution in [0.4, 0.5) is 0 Å². The number of ether oxygens (including phenoxy) is 2. The molecule has 0 radical (unpaired) electrons. The molecule has 0 aromatic heterocycles. The number of aliphatic hydroxyl groups excluding tert-OH is 5. The van der Waals surface area contributed by atoms with Crippen molar-refractivity contribution in [1.82, 2.24) is 0 Å². The van der Waals surface area contributed by atoms with E-state index in [1.807, 2.05) is 0 Å². The number of carbonyl (C=O) groups is 1. The summed E-state index contributed by atoms with van der Waals surface area (Å²) in [5.74, 6) is -0.501. The minimum absolute atomic E-state index is 0.0926. The highest BCUT2D eigenvalue weighted by molar-refractivity contribution is 7.47. The van der Waals surface area contributed by atoms with E-state index in [0.717, 1.165) is 96.3 Å². The average molecular weight is 897 g/mol. The molecule has 0 aliphatic heterocycles. The number of allylic oxidation sites excluding steroid dienone is 12. The van der Waals surface area contributed by atoms with Crippen molar-refractivity contribution in [1.29, 1.82) is 0 Å². The summed E-state index contributed by atoms with van der Waals surface area (Å²) in [5.41, 5.74) is 0. The van der Waals surface area contributed by atoms with Gasteiger partial charge in [-0.15, -0.1) is 0 Å². The molecule has 1 aliphatic rings. The van der Waals surface area contributed by atoms with E-state index < -0.39 is 63.1 Å². The Balaban J connectivity index is 2.40. The fourth-order valence-corrected chi connectivity index (χ4v) is 7.76. The lowest BCUT2D eigenvalue weighted by Crippen LogP contribution is -2.64. The van der Waals surface area contributed by atoms with Crippen molar-refractivity contribution >= 4 is 13.8 Å². The molecule has 6 N–H and O–H groups in total. The van der Waals surface area contributed by atoms with Crippen molar-refractivity contribution in [2.24, 2.45) is 0 Å². The van der Waals surface area contributed by atoms with Gasteiger partial charge in [-0.2, -0.15) is 0 Å². The van der Waals surface area contributed by atoms with Crippen LogP contribution in [0, 0.1) is 0 Å². The Morgan fingerprint density at radius 2 is 0.952 bits per heavy atom. The minimum Gasteiger partial charge on any atom is -0.457 e. The number of carbonyl (C=O) groups excluding carboxylic acids is 1. The van der Waals surface area contributed by atoms with Crippen molar-refractivity contribution in [3.63, 3.8) is 0 Å². The first-order chi connectivity index (χ1) is 30.0. The highest BCUT2D eigenvalue weighted by Crippen LogP contribution is 2.47. The standard InChI is InChI=1S/C49H85O12P/c1-3-5-7-9-11-13-15-17-19-20-21-22-23-24-25-26-28-30-32-34-36-38-43(50)60-42(40-58-39-37-35-33-31-29-27-18-16-14-12-10-8-6-4-2)41-59-62(56,57)61-49-47(54)45(52)44(51)46(53)48(49)55/h5,7,11,13-14,16-17,19,21-22,24-25,42,44-49,51-55H,3-4,6,8-10,12,15,18,20,23,26-41H2,1-2H3,(H,56,57)/b7-5-,13-11-,16-14-,19-17-,22-21-,25-24-. The summed E-state index contributed by atoms with van der Waals surface area (Å²) in [6.45, 7) is 4.09. The molecule has 0 heterocycles. The maximum atomic E-state index is 12.8. The van der Waals surface area contributed by atoms with Gasteiger partial charge in [-0.25, -0.2) is 4.57 Å². The van der Waals surface area contributed by atoms with Gasteiger partial charge < -0.3 is 39.9 Å². The number of esters is 1. The first-order valence-electron chi connectivity index (χ1n) is 23.8. The molecule has 358 valence electrons. The third-order valence-corrected chi connectivity index (χ3v) is 11.5. The first-order valence-corrected chi connectivity index (χ1v) is 25.3. The summed E-state index contributed by atoms with van der Waals surface area (Å²) in [7, 11) is -5.03. The molecule has 6 atom stereocenters. The molecule has 0 amide bonds. The zero-order valence-electron chi connectivity index (χ0n) is 38.1. The summed E-state index contributed by atoms with van der Waals surface area (Å²) in [5, 5.41) is 50.2. The van der Waals surface area contributed by atoms with Crippen LogP contribution in [0.5, 0.6) is 0 Å². The molecule has 1 aliphatic carbocycles. The van der Waals surface area contributed by atoms with Gasteiger partial charge in [0.1, 0.15) is 42.7 Å². The Kier molecular flexibility index (Phi) is 36.5. The molecule has 6 unspecified atom stereocenters. The van der Waals surface area contributed by atoms with Gasteiger partial charge in [-0.1, -0.05) is 151 Å². The number of rotatable bonds is 39. The van der Waals surface area contributed by atoms with Crippen molar-refractivity contribution in [2.45, 2.75) is 211 Å². The molecule has 0 saturated heterocycles. The van der Waals surface area contributed by atoms with E-state index in [1.165, 1.54) is 44.9 Å². The molecule has 0 aromatic rings. The van der Waals surface area contributed by atoms with E-state index in [2.05, 4.69) is 86.8 Å². The summed E-state index contributed by atoms with van der Waals surface area (Å²) in [6, 6.07) is 0. The van der Waals surface area contributed by atoms with E-state index in [-0.39, 0.29) is 13.0 Å². The maximum Gasteiger partial charge on any atom is 0.472 e. The molecule has 0 spiro atoms. The van der Waals surface area contributed by atoms with Crippen LogP contribution in [0.1, 0.15) is 168 Å². The maximum absolute atomic E-state index is 12.8. The molecule has 0 aromatic carbocycles. The third kappa shape index (κ3) is 30.8. The highest BCUT2D eigenvalue weighted by Gasteiger charge is 2.51. The lowest BCUT2D eigenvalue weighted by molar-refractivity contribution is -0.220. The minimum atomic E-state index is -5.03. The van der Waals surface area contributed by atoms with Crippen LogP contribution in [0.3, 0.4) is 0 Å². The van der Waals surface area contributed by atoms with Crippen molar-refractivity contribution in [2.75, 3.05) is 19.8 Å². The lowest BCUT2D eigenvalue weighted by atomic mass is 9.85. The van der Waals surface area contributed by atoms with Crippen molar-refractivity contribution < 1.29 is 58.3 Å². The number of unbranched alkanes of at least 4 members (excludes halogenated alkanes) is 15. The zero-order chi connectivity index (χ0) is 45.5. The number of hydrogen-bond donors (Lipinski definition) is 6. The first kappa shape index (κ1) is 57.8. The molecular weight excluding hydrogens is 812 g/mol. The van der Waals surface area contributed by atoms with Gasteiger partial charge >= 0.3 is 13.8 Å². The smallest absolute Gasteiger partial charge is 0.457 e. The number of aliphatic hydroxyl groups is 5. The van der Waals surface area contributed by atoms with Gasteiger partial charge in [0, 0.05) is 13.0 Å². The van der Waals surface area contributed by atoms with Crippen LogP contribution in [0.15, 0.2) is 72.9 Å². The third-order valence-electron chi connectivity index (χ3n) is 10.6. The lowest BCUT2D eigenvalue weighted by Gasteiger charge is -2.41. The van der Waals surface area contributed by atoms with Crippen molar-refractivity contribution in [3.05, 3.63) is 72.9 Å². The SMILES string of the molecule is CC/C=C\C/C=C\C/C=C\C/C=C\C/C=C\CCCCCCCC(=O)OC(COCCCCCCCC/C=C\CCCCCC)COP(=O)(O)OC1C(O)C(O)C(O)C(O)C1O. The topological polar surface area (TPSA) is 192 Å². The quantitative estimate of drug-likeness (QED) is 0.0148.